The Hall–Kier alpha value is -1.61. The minimum Gasteiger partial charge on any atom is -0.485 e. The van der Waals surface area contributed by atoms with E-state index in [1.165, 1.54) is 5.56 Å². The number of rotatable bonds is 4. The van der Waals surface area contributed by atoms with Gasteiger partial charge in [0.2, 0.25) is 5.78 Å². The molecule has 0 radical (unpaired) electrons. The number of aryl methyl sites for hydroxylation is 2. The summed E-state index contributed by atoms with van der Waals surface area (Å²) in [5, 5.41) is 0. The number of halogens is 1. The van der Waals surface area contributed by atoms with Crippen molar-refractivity contribution in [3.05, 3.63) is 63.6 Å². The molecular weight excluding hydrogens is 304 g/mol. The summed E-state index contributed by atoms with van der Waals surface area (Å²) in [7, 11) is 0. The average molecular weight is 319 g/mol. The average Bonchev–Trinajstić information content (AvgIpc) is 2.38. The van der Waals surface area contributed by atoms with Crippen LogP contribution in [0.5, 0.6) is 5.75 Å². The summed E-state index contributed by atoms with van der Waals surface area (Å²) in [5.41, 5.74) is 2.87. The third kappa shape index (κ3) is 3.44. The molecule has 0 spiro atoms. The minimum atomic E-state index is -0.0348. The van der Waals surface area contributed by atoms with E-state index in [1.54, 1.807) is 6.07 Å². The maximum Gasteiger partial charge on any atom is 0.201 e. The third-order valence-electron chi connectivity index (χ3n) is 2.86. The Morgan fingerprint density at radius 2 is 1.89 bits per heavy atom. The number of benzene rings is 2. The lowest BCUT2D eigenvalue weighted by Crippen LogP contribution is -2.12. The zero-order chi connectivity index (χ0) is 13.8. The lowest BCUT2D eigenvalue weighted by molar-refractivity contribution is 0.0920. The van der Waals surface area contributed by atoms with Crippen LogP contribution in [0.1, 0.15) is 21.5 Å². The first-order valence-electron chi connectivity index (χ1n) is 6.05. The second-order valence-corrected chi connectivity index (χ2v) is 5.31. The van der Waals surface area contributed by atoms with Crippen molar-refractivity contribution in [3.8, 4) is 5.75 Å². The molecule has 0 bridgehead atoms. The zero-order valence-corrected chi connectivity index (χ0v) is 12.5. The fourth-order valence-corrected chi connectivity index (χ4v) is 2.38. The van der Waals surface area contributed by atoms with Gasteiger partial charge in [0.15, 0.2) is 6.61 Å². The molecule has 2 aromatic rings. The molecule has 0 heterocycles. The van der Waals surface area contributed by atoms with Crippen molar-refractivity contribution in [2.45, 2.75) is 13.8 Å². The molecule has 0 saturated heterocycles. The summed E-state index contributed by atoms with van der Waals surface area (Å²) >= 11 is 3.37. The predicted molar refractivity (Wildman–Crippen MR) is 79.9 cm³/mol. The van der Waals surface area contributed by atoms with Crippen LogP contribution in [0.15, 0.2) is 46.9 Å². The maximum atomic E-state index is 12.1. The molecular formula is C16H15BrO2. The number of carbonyl (C=O) groups excluding carboxylic acids is 1. The Balaban J connectivity index is 2.07. The summed E-state index contributed by atoms with van der Waals surface area (Å²) in [6, 6.07) is 13.3. The van der Waals surface area contributed by atoms with Gasteiger partial charge in [-0.2, -0.15) is 0 Å². The highest BCUT2D eigenvalue weighted by Crippen LogP contribution is 2.20. The molecule has 2 nitrogen and oxygen atoms in total. The second-order valence-electron chi connectivity index (χ2n) is 4.46. The van der Waals surface area contributed by atoms with Crippen LogP contribution >= 0.6 is 15.9 Å². The van der Waals surface area contributed by atoms with E-state index in [1.807, 2.05) is 50.2 Å². The van der Waals surface area contributed by atoms with Crippen molar-refractivity contribution >= 4 is 21.7 Å². The molecule has 98 valence electrons. The standard InChI is InChI=1S/C16H15BrO2/c1-11-7-8-16(12(2)9-11)19-10-15(18)13-5-3-4-6-14(13)17/h3-9H,10H2,1-2H3. The van der Waals surface area contributed by atoms with Crippen molar-refractivity contribution in [2.24, 2.45) is 0 Å². The van der Waals surface area contributed by atoms with Crippen molar-refractivity contribution in [2.75, 3.05) is 6.61 Å². The summed E-state index contributed by atoms with van der Waals surface area (Å²) in [6.07, 6.45) is 0. The predicted octanol–water partition coefficient (Wildman–Crippen LogP) is 4.33. The lowest BCUT2D eigenvalue weighted by Gasteiger charge is -2.09. The second kappa shape index (κ2) is 6.02. The van der Waals surface area contributed by atoms with Crippen LogP contribution in [0, 0.1) is 13.8 Å². The Labute approximate surface area is 121 Å². The van der Waals surface area contributed by atoms with Crippen LogP contribution in [0.3, 0.4) is 0 Å². The summed E-state index contributed by atoms with van der Waals surface area (Å²) in [6.45, 7) is 4.06. The Kier molecular flexibility index (Phi) is 4.38. The number of Topliss-reactive ketones (excluding diaryl/α,β-unsaturated/α-hetero) is 1. The quantitative estimate of drug-likeness (QED) is 0.784. The fraction of sp³-hybridized carbons (Fsp3) is 0.188. The third-order valence-corrected chi connectivity index (χ3v) is 3.55. The summed E-state index contributed by atoms with van der Waals surface area (Å²) in [5.74, 6) is 0.721. The van der Waals surface area contributed by atoms with Crippen LogP contribution < -0.4 is 4.74 Å². The molecule has 0 unspecified atom stereocenters. The van der Waals surface area contributed by atoms with Crippen LogP contribution in [0.2, 0.25) is 0 Å². The maximum absolute atomic E-state index is 12.1. The molecule has 0 aromatic heterocycles. The van der Waals surface area contributed by atoms with Gasteiger partial charge in [-0.05, 0) is 31.5 Å². The molecule has 0 saturated carbocycles. The SMILES string of the molecule is Cc1ccc(OCC(=O)c2ccccc2Br)c(C)c1. The summed E-state index contributed by atoms with van der Waals surface area (Å²) in [4.78, 5) is 12.1. The van der Waals surface area contributed by atoms with E-state index in [4.69, 9.17) is 4.74 Å². The largest absolute Gasteiger partial charge is 0.485 e. The van der Waals surface area contributed by atoms with Crippen molar-refractivity contribution in [1.29, 1.82) is 0 Å². The van der Waals surface area contributed by atoms with Gasteiger partial charge < -0.3 is 4.74 Å². The van der Waals surface area contributed by atoms with Gasteiger partial charge in [-0.1, -0.05) is 51.8 Å². The van der Waals surface area contributed by atoms with E-state index in [-0.39, 0.29) is 12.4 Å². The van der Waals surface area contributed by atoms with Gasteiger partial charge in [0.25, 0.3) is 0 Å². The number of ketones is 1. The topological polar surface area (TPSA) is 26.3 Å². The van der Waals surface area contributed by atoms with E-state index in [9.17, 15) is 4.79 Å². The van der Waals surface area contributed by atoms with Gasteiger partial charge in [-0.15, -0.1) is 0 Å². The molecule has 0 aliphatic heterocycles. The summed E-state index contributed by atoms with van der Waals surface area (Å²) < 4.78 is 6.39. The Morgan fingerprint density at radius 3 is 2.58 bits per heavy atom. The molecule has 0 atom stereocenters. The van der Waals surface area contributed by atoms with Crippen molar-refractivity contribution in [1.82, 2.24) is 0 Å². The van der Waals surface area contributed by atoms with Crippen molar-refractivity contribution in [3.63, 3.8) is 0 Å². The van der Waals surface area contributed by atoms with Crippen molar-refractivity contribution < 1.29 is 9.53 Å². The van der Waals surface area contributed by atoms with Crippen LogP contribution in [-0.2, 0) is 0 Å². The number of hydrogen-bond acceptors (Lipinski definition) is 2. The highest BCUT2D eigenvalue weighted by atomic mass is 79.9. The molecule has 2 aromatic carbocycles. The molecule has 0 N–H and O–H groups in total. The van der Waals surface area contributed by atoms with Gasteiger partial charge in [0, 0.05) is 10.0 Å². The normalized spacial score (nSPS) is 10.3. The van der Waals surface area contributed by atoms with Gasteiger partial charge >= 0.3 is 0 Å². The van der Waals surface area contributed by atoms with Crippen LogP contribution in [-0.4, -0.2) is 12.4 Å². The molecule has 0 aliphatic carbocycles. The van der Waals surface area contributed by atoms with Crippen LogP contribution in [0.25, 0.3) is 0 Å². The van der Waals surface area contributed by atoms with Gasteiger partial charge in [0.1, 0.15) is 5.75 Å². The Bertz CT molecular complexity index is 605. The van der Waals surface area contributed by atoms with E-state index in [0.29, 0.717) is 5.56 Å². The minimum absolute atomic E-state index is 0.0348. The molecule has 0 aliphatic rings. The number of hydrogen-bond donors (Lipinski definition) is 0. The van der Waals surface area contributed by atoms with Crippen LogP contribution in [0.4, 0.5) is 0 Å². The molecule has 19 heavy (non-hydrogen) atoms. The van der Waals surface area contributed by atoms with E-state index in [0.717, 1.165) is 15.8 Å². The fourth-order valence-electron chi connectivity index (χ4n) is 1.87. The molecule has 3 heteroatoms. The highest BCUT2D eigenvalue weighted by Gasteiger charge is 2.10. The van der Waals surface area contributed by atoms with E-state index in [2.05, 4.69) is 15.9 Å². The molecule has 2 rings (SSSR count). The first-order valence-corrected chi connectivity index (χ1v) is 6.85. The van der Waals surface area contributed by atoms with Gasteiger partial charge in [-0.25, -0.2) is 0 Å². The lowest BCUT2D eigenvalue weighted by atomic mass is 10.1. The van der Waals surface area contributed by atoms with E-state index >= 15 is 0 Å². The smallest absolute Gasteiger partial charge is 0.201 e. The number of ether oxygens (including phenoxy) is 1. The van der Waals surface area contributed by atoms with E-state index < -0.39 is 0 Å². The van der Waals surface area contributed by atoms with Gasteiger partial charge in [-0.3, -0.25) is 4.79 Å². The molecule has 0 fully saturated rings. The first kappa shape index (κ1) is 13.8. The monoisotopic (exact) mass is 318 g/mol. The molecule has 0 amide bonds. The highest BCUT2D eigenvalue weighted by molar-refractivity contribution is 9.10. The number of carbonyl (C=O) groups is 1. The zero-order valence-electron chi connectivity index (χ0n) is 10.9. The first-order chi connectivity index (χ1) is 9.08. The Morgan fingerprint density at radius 1 is 1.16 bits per heavy atom. The van der Waals surface area contributed by atoms with Gasteiger partial charge in [0.05, 0.1) is 0 Å².